The lowest BCUT2D eigenvalue weighted by Gasteiger charge is -2.32. The molecule has 1 aliphatic rings. The third kappa shape index (κ3) is 3.47. The van der Waals surface area contributed by atoms with Crippen molar-refractivity contribution in [2.75, 3.05) is 5.88 Å². The quantitative estimate of drug-likeness (QED) is 0.677. The second-order valence-corrected chi connectivity index (χ2v) is 4.86. The van der Waals surface area contributed by atoms with E-state index in [0.717, 1.165) is 18.3 Å². The number of rotatable bonds is 5. The van der Waals surface area contributed by atoms with E-state index in [1.165, 1.54) is 32.1 Å². The Balaban J connectivity index is 2.36. The maximum Gasteiger partial charge on any atom is 0.0240 e. The van der Waals surface area contributed by atoms with Crippen LogP contribution >= 0.6 is 11.6 Å². The minimum atomic E-state index is 0.275. The molecule has 0 heterocycles. The van der Waals surface area contributed by atoms with Crippen LogP contribution in [-0.2, 0) is 0 Å². The molecule has 0 spiro atoms. The highest BCUT2D eigenvalue weighted by Gasteiger charge is 2.26. The van der Waals surface area contributed by atoms with Crippen molar-refractivity contribution in [3.05, 3.63) is 0 Å². The molecule has 0 aliphatic heterocycles. The smallest absolute Gasteiger partial charge is 0.0240 e. The van der Waals surface area contributed by atoms with Gasteiger partial charge in [0.2, 0.25) is 0 Å². The predicted octanol–water partition coefficient (Wildman–Crippen LogP) is 3.32. The number of nitrogens with one attached hydrogen (secondary N) is 1. The van der Waals surface area contributed by atoms with E-state index in [2.05, 4.69) is 19.2 Å². The predicted molar refractivity (Wildman–Crippen MR) is 59.4 cm³/mol. The summed E-state index contributed by atoms with van der Waals surface area (Å²) in [7, 11) is 0. The van der Waals surface area contributed by atoms with Crippen LogP contribution in [0.2, 0.25) is 0 Å². The van der Waals surface area contributed by atoms with Gasteiger partial charge in [-0.05, 0) is 32.6 Å². The van der Waals surface area contributed by atoms with E-state index in [1.807, 2.05) is 0 Å². The molecule has 1 fully saturated rings. The van der Waals surface area contributed by atoms with Crippen molar-refractivity contribution < 1.29 is 0 Å². The zero-order valence-corrected chi connectivity index (χ0v) is 9.66. The number of alkyl halides is 1. The van der Waals surface area contributed by atoms with Crippen LogP contribution in [0, 0.1) is 0 Å². The van der Waals surface area contributed by atoms with Gasteiger partial charge in [0, 0.05) is 17.5 Å². The maximum absolute atomic E-state index is 5.81. The van der Waals surface area contributed by atoms with Crippen molar-refractivity contribution in [1.82, 2.24) is 5.32 Å². The fraction of sp³-hybridized carbons (Fsp3) is 1.00. The van der Waals surface area contributed by atoms with Gasteiger partial charge in [-0.3, -0.25) is 0 Å². The van der Waals surface area contributed by atoms with Crippen LogP contribution in [0.15, 0.2) is 0 Å². The van der Waals surface area contributed by atoms with Crippen molar-refractivity contribution in [3.8, 4) is 0 Å². The van der Waals surface area contributed by atoms with Crippen LogP contribution in [-0.4, -0.2) is 17.5 Å². The van der Waals surface area contributed by atoms with Crippen LogP contribution in [0.3, 0.4) is 0 Å². The number of halogens is 1. The van der Waals surface area contributed by atoms with Gasteiger partial charge in [0.05, 0.1) is 0 Å². The van der Waals surface area contributed by atoms with E-state index in [1.54, 1.807) is 0 Å². The lowest BCUT2D eigenvalue weighted by Crippen LogP contribution is -2.47. The molecular weight excluding hydrogens is 182 g/mol. The average Bonchev–Trinajstić information content (AvgIpc) is 2.57. The molecule has 1 aliphatic carbocycles. The molecule has 0 aromatic carbocycles. The largest absolute Gasteiger partial charge is 0.309 e. The average molecular weight is 204 g/mol. The first kappa shape index (κ1) is 11.3. The maximum atomic E-state index is 5.81. The van der Waals surface area contributed by atoms with E-state index in [9.17, 15) is 0 Å². The Morgan fingerprint density at radius 1 is 1.38 bits per heavy atom. The third-order valence-corrected chi connectivity index (χ3v) is 3.52. The van der Waals surface area contributed by atoms with Crippen LogP contribution < -0.4 is 5.32 Å². The molecule has 0 radical (unpaired) electrons. The van der Waals surface area contributed by atoms with E-state index < -0.39 is 0 Å². The van der Waals surface area contributed by atoms with Gasteiger partial charge in [0.15, 0.2) is 0 Å². The van der Waals surface area contributed by atoms with E-state index in [0.29, 0.717) is 0 Å². The van der Waals surface area contributed by atoms with Crippen LogP contribution in [0.25, 0.3) is 0 Å². The summed E-state index contributed by atoms with van der Waals surface area (Å²) in [4.78, 5) is 0. The van der Waals surface area contributed by atoms with Crippen LogP contribution in [0.1, 0.15) is 52.4 Å². The Morgan fingerprint density at radius 3 is 2.46 bits per heavy atom. The van der Waals surface area contributed by atoms with E-state index in [4.69, 9.17) is 11.6 Å². The summed E-state index contributed by atoms with van der Waals surface area (Å²) >= 11 is 5.81. The van der Waals surface area contributed by atoms with Crippen molar-refractivity contribution in [2.45, 2.75) is 64.0 Å². The zero-order valence-electron chi connectivity index (χ0n) is 8.91. The molecule has 0 amide bonds. The Bertz CT molecular complexity index is 143. The van der Waals surface area contributed by atoms with Crippen molar-refractivity contribution in [1.29, 1.82) is 0 Å². The fourth-order valence-corrected chi connectivity index (χ4v) is 2.54. The second-order valence-electron chi connectivity index (χ2n) is 4.48. The van der Waals surface area contributed by atoms with Crippen LogP contribution in [0.4, 0.5) is 0 Å². The molecule has 1 rings (SSSR count). The normalized spacial score (nSPS) is 23.3. The second kappa shape index (κ2) is 5.21. The Hall–Kier alpha value is 0.250. The number of hydrogen-bond donors (Lipinski definition) is 1. The Kier molecular flexibility index (Phi) is 4.54. The minimum Gasteiger partial charge on any atom is -0.309 e. The van der Waals surface area contributed by atoms with Crippen molar-refractivity contribution in [3.63, 3.8) is 0 Å². The first-order chi connectivity index (χ1) is 6.20. The highest BCUT2D eigenvalue weighted by atomic mass is 35.5. The Labute approximate surface area is 87.2 Å². The molecule has 1 atom stereocenters. The minimum absolute atomic E-state index is 0.275. The summed E-state index contributed by atoms with van der Waals surface area (Å²) in [5.74, 6) is 0.768. The van der Waals surface area contributed by atoms with Gasteiger partial charge in [-0.25, -0.2) is 0 Å². The standard InChI is InChI=1S/C11H22ClN/c1-3-11(2,8-9-12)13-10-6-4-5-7-10/h10,13H,3-9H2,1-2H3. The monoisotopic (exact) mass is 203 g/mol. The topological polar surface area (TPSA) is 12.0 Å². The summed E-state index contributed by atoms with van der Waals surface area (Å²) in [5, 5.41) is 3.76. The number of hydrogen-bond acceptors (Lipinski definition) is 1. The summed E-state index contributed by atoms with van der Waals surface area (Å²) < 4.78 is 0. The summed E-state index contributed by atoms with van der Waals surface area (Å²) in [6, 6.07) is 0.758. The van der Waals surface area contributed by atoms with Gasteiger partial charge < -0.3 is 5.32 Å². The van der Waals surface area contributed by atoms with Gasteiger partial charge in [-0.15, -0.1) is 11.6 Å². The Morgan fingerprint density at radius 2 is 2.00 bits per heavy atom. The molecule has 1 saturated carbocycles. The molecule has 1 nitrogen and oxygen atoms in total. The molecular formula is C11H22ClN. The van der Waals surface area contributed by atoms with Gasteiger partial charge in [0.1, 0.15) is 0 Å². The van der Waals surface area contributed by atoms with Gasteiger partial charge in [-0.2, -0.15) is 0 Å². The fourth-order valence-electron chi connectivity index (χ4n) is 2.12. The molecule has 0 saturated heterocycles. The lowest BCUT2D eigenvalue weighted by atomic mass is 9.94. The van der Waals surface area contributed by atoms with Gasteiger partial charge in [-0.1, -0.05) is 19.8 Å². The first-order valence-corrected chi connectivity index (χ1v) is 6.07. The highest BCUT2D eigenvalue weighted by Crippen LogP contribution is 2.23. The summed E-state index contributed by atoms with van der Waals surface area (Å²) in [6.45, 7) is 4.54. The highest BCUT2D eigenvalue weighted by molar-refractivity contribution is 6.17. The summed E-state index contributed by atoms with van der Waals surface area (Å²) in [6.07, 6.45) is 7.78. The van der Waals surface area contributed by atoms with E-state index >= 15 is 0 Å². The van der Waals surface area contributed by atoms with Crippen molar-refractivity contribution >= 4 is 11.6 Å². The molecule has 0 aromatic rings. The molecule has 0 bridgehead atoms. The molecule has 2 heteroatoms. The van der Waals surface area contributed by atoms with Gasteiger partial charge in [0.25, 0.3) is 0 Å². The molecule has 0 aromatic heterocycles. The SMILES string of the molecule is CCC(C)(CCCl)NC1CCCC1. The van der Waals surface area contributed by atoms with Crippen LogP contribution in [0.5, 0.6) is 0 Å². The van der Waals surface area contributed by atoms with E-state index in [-0.39, 0.29) is 5.54 Å². The van der Waals surface area contributed by atoms with Crippen molar-refractivity contribution in [2.24, 2.45) is 0 Å². The summed E-state index contributed by atoms with van der Waals surface area (Å²) in [5.41, 5.74) is 0.275. The molecule has 13 heavy (non-hydrogen) atoms. The molecule has 1 unspecified atom stereocenters. The molecule has 78 valence electrons. The first-order valence-electron chi connectivity index (χ1n) is 5.54. The zero-order chi connectivity index (χ0) is 9.73. The molecule has 1 N–H and O–H groups in total. The lowest BCUT2D eigenvalue weighted by molar-refractivity contribution is 0.291. The van der Waals surface area contributed by atoms with Gasteiger partial charge >= 0.3 is 0 Å². The third-order valence-electron chi connectivity index (χ3n) is 3.33.